The van der Waals surface area contributed by atoms with Crippen LogP contribution in [0.25, 0.3) is 6.08 Å². The first-order valence-electron chi connectivity index (χ1n) is 5.20. The smallest absolute Gasteiger partial charge is 0.303 e. The van der Waals surface area contributed by atoms with Crippen LogP contribution in [0.1, 0.15) is 24.0 Å². The molecule has 2 rings (SSSR count). The van der Waals surface area contributed by atoms with E-state index in [2.05, 4.69) is 0 Å². The van der Waals surface area contributed by atoms with E-state index in [0.29, 0.717) is 5.56 Å². The lowest BCUT2D eigenvalue weighted by atomic mass is 10.1. The Morgan fingerprint density at radius 3 is 2.65 bits per heavy atom. The fourth-order valence-electron chi connectivity index (χ4n) is 1.89. The van der Waals surface area contributed by atoms with Gasteiger partial charge in [0.2, 0.25) is 9.84 Å². The Morgan fingerprint density at radius 1 is 1.35 bits per heavy atom. The maximum Gasteiger partial charge on any atom is 0.303 e. The zero-order chi connectivity index (χ0) is 12.6. The Kier molecular flexibility index (Phi) is 2.79. The van der Waals surface area contributed by atoms with Crippen LogP contribution in [-0.2, 0) is 14.6 Å². The quantitative estimate of drug-likeness (QED) is 0.893. The van der Waals surface area contributed by atoms with Gasteiger partial charge in [-0.3, -0.25) is 4.79 Å². The van der Waals surface area contributed by atoms with E-state index in [1.54, 1.807) is 18.2 Å². The molecule has 0 fully saturated rings. The van der Waals surface area contributed by atoms with Crippen LogP contribution in [0.3, 0.4) is 0 Å². The number of fused-ring (bicyclic) bond motifs is 1. The van der Waals surface area contributed by atoms with Crippen molar-refractivity contribution >= 4 is 21.9 Å². The third-order valence-electron chi connectivity index (χ3n) is 2.81. The van der Waals surface area contributed by atoms with Gasteiger partial charge in [-0.2, -0.15) is 0 Å². The van der Waals surface area contributed by atoms with Crippen molar-refractivity contribution in [3.8, 4) is 0 Å². The maximum atomic E-state index is 12.1. The summed E-state index contributed by atoms with van der Waals surface area (Å²) in [5.74, 6) is -0.992. The van der Waals surface area contributed by atoms with Gasteiger partial charge in [0.15, 0.2) is 0 Å². The number of benzene rings is 1. The van der Waals surface area contributed by atoms with E-state index in [4.69, 9.17) is 5.11 Å². The van der Waals surface area contributed by atoms with Crippen molar-refractivity contribution in [1.82, 2.24) is 0 Å². The first-order valence-corrected chi connectivity index (χ1v) is 6.68. The Morgan fingerprint density at radius 2 is 2.06 bits per heavy atom. The molecule has 0 atom stereocenters. The molecular weight excluding hydrogens is 240 g/mol. The molecule has 0 unspecified atom stereocenters. The second kappa shape index (κ2) is 4.00. The molecule has 0 radical (unpaired) electrons. The Bertz CT molecular complexity index is 611. The van der Waals surface area contributed by atoms with Crippen LogP contribution in [-0.4, -0.2) is 19.5 Å². The number of carboxylic acid groups (broad SMARTS) is 1. The standard InChI is InChI=1S/C12H12O4S/c1-8-3-2-4-11-10(8)7-9(17(11,15)16)5-6-12(13)14/h2-4,7H,5-6H2,1H3,(H,13,14). The average molecular weight is 252 g/mol. The summed E-state index contributed by atoms with van der Waals surface area (Å²) < 4.78 is 24.2. The Balaban J connectivity index is 2.44. The maximum absolute atomic E-state index is 12.1. The highest BCUT2D eigenvalue weighted by atomic mass is 32.2. The largest absolute Gasteiger partial charge is 0.481 e. The highest BCUT2D eigenvalue weighted by Crippen LogP contribution is 2.36. The van der Waals surface area contributed by atoms with Crippen LogP contribution in [0.5, 0.6) is 0 Å². The van der Waals surface area contributed by atoms with Gasteiger partial charge in [-0.25, -0.2) is 8.42 Å². The molecule has 1 aliphatic heterocycles. The highest BCUT2D eigenvalue weighted by Gasteiger charge is 2.30. The molecule has 1 aliphatic rings. The zero-order valence-electron chi connectivity index (χ0n) is 9.30. The second-order valence-corrected chi connectivity index (χ2v) is 5.97. The topological polar surface area (TPSA) is 71.4 Å². The Hall–Kier alpha value is -1.62. The number of rotatable bonds is 3. The lowest BCUT2D eigenvalue weighted by Gasteiger charge is -2.02. The van der Waals surface area contributed by atoms with Gasteiger partial charge in [0.1, 0.15) is 0 Å². The summed E-state index contributed by atoms with van der Waals surface area (Å²) in [4.78, 5) is 11.0. The molecule has 0 saturated carbocycles. The van der Waals surface area contributed by atoms with Crippen LogP contribution in [0, 0.1) is 6.92 Å². The minimum absolute atomic E-state index is 0.0474. The zero-order valence-corrected chi connectivity index (χ0v) is 10.1. The Labute approximate surface area is 99.5 Å². The van der Waals surface area contributed by atoms with Crippen molar-refractivity contribution in [3.63, 3.8) is 0 Å². The van der Waals surface area contributed by atoms with Crippen molar-refractivity contribution in [3.05, 3.63) is 34.2 Å². The van der Waals surface area contributed by atoms with Crippen LogP contribution in [0.2, 0.25) is 0 Å². The molecule has 1 heterocycles. The molecule has 17 heavy (non-hydrogen) atoms. The summed E-state index contributed by atoms with van der Waals surface area (Å²) in [6.45, 7) is 1.84. The van der Waals surface area contributed by atoms with E-state index in [-0.39, 0.29) is 22.6 Å². The first kappa shape index (κ1) is 11.9. The van der Waals surface area contributed by atoms with Crippen molar-refractivity contribution in [2.75, 3.05) is 0 Å². The molecule has 0 bridgehead atoms. The van der Waals surface area contributed by atoms with E-state index in [9.17, 15) is 13.2 Å². The van der Waals surface area contributed by atoms with Crippen molar-refractivity contribution in [2.24, 2.45) is 0 Å². The minimum Gasteiger partial charge on any atom is -0.481 e. The van der Waals surface area contributed by atoms with Crippen LogP contribution >= 0.6 is 0 Å². The molecule has 0 amide bonds. The van der Waals surface area contributed by atoms with Crippen LogP contribution in [0.15, 0.2) is 28.0 Å². The van der Waals surface area contributed by atoms with Crippen LogP contribution in [0.4, 0.5) is 0 Å². The molecule has 0 saturated heterocycles. The lowest BCUT2D eigenvalue weighted by molar-refractivity contribution is -0.136. The van der Waals surface area contributed by atoms with E-state index in [0.717, 1.165) is 5.56 Å². The predicted molar refractivity (Wildman–Crippen MR) is 63.2 cm³/mol. The number of carbonyl (C=O) groups is 1. The number of allylic oxidation sites excluding steroid dienone is 1. The third kappa shape index (κ3) is 1.98. The van der Waals surface area contributed by atoms with Crippen molar-refractivity contribution in [2.45, 2.75) is 24.7 Å². The summed E-state index contributed by atoms with van der Waals surface area (Å²) in [7, 11) is -3.47. The molecule has 0 aliphatic carbocycles. The molecule has 1 aromatic carbocycles. The van der Waals surface area contributed by atoms with Gasteiger partial charge < -0.3 is 5.11 Å². The predicted octanol–water partition coefficient (Wildman–Crippen LogP) is 1.99. The van der Waals surface area contributed by atoms with E-state index < -0.39 is 15.8 Å². The van der Waals surface area contributed by atoms with Gasteiger partial charge in [-0.1, -0.05) is 12.1 Å². The monoisotopic (exact) mass is 252 g/mol. The second-order valence-electron chi connectivity index (χ2n) is 3.99. The molecule has 5 heteroatoms. The number of hydrogen-bond acceptors (Lipinski definition) is 3. The summed E-state index contributed by atoms with van der Waals surface area (Å²) >= 11 is 0. The number of sulfone groups is 1. The first-order chi connectivity index (χ1) is 7.93. The van der Waals surface area contributed by atoms with Crippen molar-refractivity contribution in [1.29, 1.82) is 0 Å². The molecule has 90 valence electrons. The normalized spacial score (nSPS) is 16.4. The molecule has 0 aromatic heterocycles. The van der Waals surface area contributed by atoms with Crippen molar-refractivity contribution < 1.29 is 18.3 Å². The van der Waals surface area contributed by atoms with Crippen LogP contribution < -0.4 is 0 Å². The highest BCUT2D eigenvalue weighted by molar-refractivity contribution is 7.95. The molecular formula is C12H12O4S. The lowest BCUT2D eigenvalue weighted by Crippen LogP contribution is -2.03. The number of aliphatic carboxylic acids is 1. The molecule has 4 nitrogen and oxygen atoms in total. The van der Waals surface area contributed by atoms with E-state index in [1.165, 1.54) is 0 Å². The molecule has 0 spiro atoms. The number of carboxylic acids is 1. The fraction of sp³-hybridized carbons (Fsp3) is 0.250. The summed E-state index contributed by atoms with van der Waals surface area (Å²) in [5.41, 5.74) is 1.57. The van der Waals surface area contributed by atoms with Gasteiger partial charge >= 0.3 is 5.97 Å². The van der Waals surface area contributed by atoms with Gasteiger partial charge in [0.05, 0.1) is 16.2 Å². The van der Waals surface area contributed by atoms with Gasteiger partial charge in [-0.15, -0.1) is 0 Å². The van der Waals surface area contributed by atoms with Gasteiger partial charge in [-0.05, 0) is 36.6 Å². The number of aryl methyl sites for hydroxylation is 1. The molecule has 1 N–H and O–H groups in total. The van der Waals surface area contributed by atoms with E-state index in [1.807, 2.05) is 13.0 Å². The molecule has 1 aromatic rings. The van der Waals surface area contributed by atoms with Gasteiger partial charge in [0, 0.05) is 0 Å². The summed E-state index contributed by atoms with van der Waals surface area (Å²) in [6, 6.07) is 5.09. The number of hydrogen-bond donors (Lipinski definition) is 1. The fourth-order valence-corrected chi connectivity index (χ4v) is 3.58. The summed E-state index contributed by atoms with van der Waals surface area (Å²) in [5, 5.41) is 8.59. The third-order valence-corrected chi connectivity index (χ3v) is 4.76. The SMILES string of the molecule is Cc1cccc2c1C=C(CCC(=O)O)S2(=O)=O. The van der Waals surface area contributed by atoms with E-state index >= 15 is 0 Å². The minimum atomic E-state index is -3.47. The summed E-state index contributed by atoms with van der Waals surface area (Å²) in [6.07, 6.45) is 1.47. The van der Waals surface area contributed by atoms with Gasteiger partial charge in [0.25, 0.3) is 0 Å². The average Bonchev–Trinajstić information content (AvgIpc) is 2.50.